The Morgan fingerprint density at radius 3 is 1.23 bits per heavy atom. The lowest BCUT2D eigenvalue weighted by atomic mass is 10.00. The number of hydrogen-bond donors (Lipinski definition) is 0. The monoisotopic (exact) mass is 334 g/mol. The van der Waals surface area contributed by atoms with Gasteiger partial charge in [0.2, 0.25) is 11.6 Å². The van der Waals surface area contributed by atoms with Crippen molar-refractivity contribution in [3.05, 3.63) is 107 Å². The Labute approximate surface area is 152 Å². The first-order chi connectivity index (χ1) is 12.7. The average molecular weight is 334 g/mol. The molecule has 0 heterocycles. The maximum Gasteiger partial charge on any atom is 0.237 e. The van der Waals surface area contributed by atoms with Gasteiger partial charge in [-0.25, -0.2) is 0 Å². The molecule has 0 unspecified atom stereocenters. The summed E-state index contributed by atoms with van der Waals surface area (Å²) in [5, 5.41) is 0. The molecule has 0 spiro atoms. The van der Waals surface area contributed by atoms with E-state index >= 15 is 0 Å². The molecule has 0 aliphatic carbocycles. The molecule has 2 heteroatoms. The van der Waals surface area contributed by atoms with E-state index in [0.717, 1.165) is 11.1 Å². The van der Waals surface area contributed by atoms with Gasteiger partial charge in [0.05, 0.1) is 0 Å². The van der Waals surface area contributed by atoms with E-state index in [4.69, 9.17) is 0 Å². The smallest absolute Gasteiger partial charge is 0.237 e. The first-order valence-corrected chi connectivity index (χ1v) is 8.06. The Kier molecular flexibility index (Phi) is 5.41. The van der Waals surface area contributed by atoms with E-state index in [2.05, 4.69) is 23.7 Å². The van der Waals surface area contributed by atoms with Crippen LogP contribution in [-0.2, 0) is 0 Å². The maximum absolute atomic E-state index is 12.4. The van der Waals surface area contributed by atoms with Crippen LogP contribution >= 0.6 is 0 Å². The molecule has 0 amide bonds. The van der Waals surface area contributed by atoms with E-state index in [-0.39, 0.29) is 11.1 Å². The van der Waals surface area contributed by atoms with Crippen molar-refractivity contribution in [3.8, 4) is 23.7 Å². The van der Waals surface area contributed by atoms with Gasteiger partial charge >= 0.3 is 0 Å². The van der Waals surface area contributed by atoms with Crippen molar-refractivity contribution in [1.82, 2.24) is 0 Å². The fourth-order valence-corrected chi connectivity index (χ4v) is 2.31. The predicted octanol–water partition coefficient (Wildman–Crippen LogP) is 4.16. The number of ketones is 2. The molecule has 3 rings (SSSR count). The van der Waals surface area contributed by atoms with E-state index in [0.29, 0.717) is 0 Å². The summed E-state index contributed by atoms with van der Waals surface area (Å²) in [5.41, 5.74) is 2.02. The summed E-state index contributed by atoms with van der Waals surface area (Å²) in [6, 6.07) is 25.1. The van der Waals surface area contributed by atoms with Crippen LogP contribution in [0.3, 0.4) is 0 Å². The fraction of sp³-hybridized carbons (Fsp3) is 0. The molecule has 0 saturated heterocycles. The van der Waals surface area contributed by atoms with Crippen molar-refractivity contribution in [2.24, 2.45) is 0 Å². The lowest BCUT2D eigenvalue weighted by molar-refractivity contribution is 0.102. The highest BCUT2D eigenvalue weighted by atomic mass is 16.1. The van der Waals surface area contributed by atoms with Gasteiger partial charge in [0, 0.05) is 22.3 Å². The summed E-state index contributed by atoms with van der Waals surface area (Å²) in [4.78, 5) is 24.9. The summed E-state index contributed by atoms with van der Waals surface area (Å²) in [6.45, 7) is 0. The normalized spacial score (nSPS) is 9.23. The van der Waals surface area contributed by atoms with Crippen LogP contribution in [0.5, 0.6) is 0 Å². The largest absolute Gasteiger partial charge is 0.279 e. The Balaban J connectivity index is 1.87. The van der Waals surface area contributed by atoms with E-state index in [1.54, 1.807) is 24.3 Å². The summed E-state index contributed by atoms with van der Waals surface area (Å²) in [7, 11) is 0. The third-order valence-electron chi connectivity index (χ3n) is 3.60. The van der Waals surface area contributed by atoms with E-state index in [9.17, 15) is 9.59 Å². The number of hydrogen-bond acceptors (Lipinski definition) is 2. The van der Waals surface area contributed by atoms with Crippen LogP contribution in [0.4, 0.5) is 0 Å². The van der Waals surface area contributed by atoms with Crippen molar-refractivity contribution in [2.75, 3.05) is 0 Å². The van der Waals surface area contributed by atoms with E-state index in [1.165, 1.54) is 0 Å². The van der Waals surface area contributed by atoms with E-state index in [1.807, 2.05) is 60.7 Å². The molecule has 26 heavy (non-hydrogen) atoms. The zero-order valence-corrected chi connectivity index (χ0v) is 13.9. The lowest BCUT2D eigenvalue weighted by Gasteiger charge is -2.00. The molecule has 0 atom stereocenters. The molecular formula is C24H14O2. The second-order valence-corrected chi connectivity index (χ2v) is 5.44. The first-order valence-electron chi connectivity index (χ1n) is 8.06. The molecule has 0 bridgehead atoms. The summed E-state index contributed by atoms with van der Waals surface area (Å²) in [5.74, 6) is 10.0. The van der Waals surface area contributed by atoms with Gasteiger partial charge in [-0.15, -0.1) is 0 Å². The maximum atomic E-state index is 12.4. The molecule has 3 aromatic carbocycles. The topological polar surface area (TPSA) is 34.1 Å². The van der Waals surface area contributed by atoms with Crippen LogP contribution in [0.25, 0.3) is 0 Å². The molecule has 0 radical (unpaired) electrons. The standard InChI is InChI=1S/C24H14O2/c25-23(17-15-19-9-3-1-4-10-19)21-13-7-8-14-22(21)24(26)18-16-20-11-5-2-6-12-20/h1-14H. The second-order valence-electron chi connectivity index (χ2n) is 5.44. The molecule has 0 saturated carbocycles. The SMILES string of the molecule is O=C(C#Cc1ccccc1)c1ccccc1C(=O)C#Cc1ccccc1. The van der Waals surface area contributed by atoms with Crippen molar-refractivity contribution in [3.63, 3.8) is 0 Å². The van der Waals surface area contributed by atoms with Crippen molar-refractivity contribution in [1.29, 1.82) is 0 Å². The van der Waals surface area contributed by atoms with Crippen molar-refractivity contribution in [2.45, 2.75) is 0 Å². The third kappa shape index (κ3) is 4.35. The van der Waals surface area contributed by atoms with Gasteiger partial charge in [-0.1, -0.05) is 60.4 Å². The van der Waals surface area contributed by atoms with Gasteiger partial charge in [0.25, 0.3) is 0 Å². The zero-order chi connectivity index (χ0) is 18.2. The van der Waals surface area contributed by atoms with Gasteiger partial charge in [-0.05, 0) is 48.2 Å². The van der Waals surface area contributed by atoms with E-state index < -0.39 is 11.6 Å². The van der Waals surface area contributed by atoms with Gasteiger partial charge in [0.1, 0.15) is 0 Å². The van der Waals surface area contributed by atoms with Crippen LogP contribution in [0.2, 0.25) is 0 Å². The molecular weight excluding hydrogens is 320 g/mol. The minimum atomic E-state index is -0.403. The molecule has 0 N–H and O–H groups in total. The first kappa shape index (κ1) is 17.0. The molecule has 122 valence electrons. The van der Waals surface area contributed by atoms with Crippen LogP contribution < -0.4 is 0 Å². The van der Waals surface area contributed by atoms with Gasteiger partial charge in [-0.3, -0.25) is 9.59 Å². The minimum absolute atomic E-state index is 0.267. The van der Waals surface area contributed by atoms with Gasteiger partial charge < -0.3 is 0 Å². The minimum Gasteiger partial charge on any atom is -0.279 e. The average Bonchev–Trinajstić information content (AvgIpc) is 2.72. The molecule has 0 aliphatic rings. The number of carbonyl (C=O) groups is 2. The third-order valence-corrected chi connectivity index (χ3v) is 3.60. The number of rotatable bonds is 2. The molecule has 2 nitrogen and oxygen atoms in total. The highest BCUT2D eigenvalue weighted by Crippen LogP contribution is 2.10. The highest BCUT2D eigenvalue weighted by Gasteiger charge is 2.13. The van der Waals surface area contributed by atoms with Crippen LogP contribution in [0.15, 0.2) is 84.9 Å². The molecule has 0 aromatic heterocycles. The predicted molar refractivity (Wildman–Crippen MR) is 102 cm³/mol. The Bertz CT molecular complexity index is 968. The molecule has 3 aromatic rings. The van der Waals surface area contributed by atoms with Crippen LogP contribution in [-0.4, -0.2) is 11.6 Å². The fourth-order valence-electron chi connectivity index (χ4n) is 2.31. The Morgan fingerprint density at radius 1 is 0.500 bits per heavy atom. The summed E-state index contributed by atoms with van der Waals surface area (Å²) < 4.78 is 0. The number of benzene rings is 3. The Hall–Kier alpha value is -3.88. The lowest BCUT2D eigenvalue weighted by Crippen LogP contribution is -2.06. The quantitative estimate of drug-likeness (QED) is 0.521. The van der Waals surface area contributed by atoms with Crippen LogP contribution in [0.1, 0.15) is 31.8 Å². The van der Waals surface area contributed by atoms with Gasteiger partial charge in [-0.2, -0.15) is 0 Å². The summed E-state index contributed by atoms with van der Waals surface area (Å²) >= 11 is 0. The van der Waals surface area contributed by atoms with Crippen LogP contribution in [0, 0.1) is 23.7 Å². The molecule has 0 fully saturated rings. The van der Waals surface area contributed by atoms with Crippen molar-refractivity contribution < 1.29 is 9.59 Å². The Morgan fingerprint density at radius 2 is 0.846 bits per heavy atom. The highest BCUT2D eigenvalue weighted by molar-refractivity contribution is 6.19. The molecule has 0 aliphatic heterocycles. The second kappa shape index (κ2) is 8.29. The van der Waals surface area contributed by atoms with Gasteiger partial charge in [0.15, 0.2) is 0 Å². The summed E-state index contributed by atoms with van der Waals surface area (Å²) in [6.07, 6.45) is 0. The zero-order valence-electron chi connectivity index (χ0n) is 13.9. The van der Waals surface area contributed by atoms with Crippen molar-refractivity contribution >= 4 is 11.6 Å². The number of carbonyl (C=O) groups excluding carboxylic acids is 2. The number of Topliss-reactive ketones (excluding diaryl/α,β-unsaturated/α-hetero) is 2.